The van der Waals surface area contributed by atoms with Crippen molar-refractivity contribution in [1.29, 1.82) is 0 Å². The first-order valence-electron chi connectivity index (χ1n) is 9.15. The summed E-state index contributed by atoms with van der Waals surface area (Å²) in [6.07, 6.45) is 0. The first kappa shape index (κ1) is 16.8. The fourth-order valence-corrected chi connectivity index (χ4v) is 3.75. The molecule has 0 bridgehead atoms. The number of hydrogen-bond acceptors (Lipinski definition) is 3. The summed E-state index contributed by atoms with van der Waals surface area (Å²) in [6, 6.07) is 16.5. The average molecular weight is 348 g/mol. The molecule has 1 amide bonds. The highest BCUT2D eigenvalue weighted by atomic mass is 16.2. The zero-order valence-electron chi connectivity index (χ0n) is 15.4. The van der Waals surface area contributed by atoms with E-state index in [4.69, 9.17) is 4.98 Å². The lowest BCUT2D eigenvalue weighted by Crippen LogP contribution is -2.57. The SMILES string of the molecule is Cc1nc2cc(C(=O)N3CCNC(C)C3C)ccc2n1-c1ccccc1. The summed E-state index contributed by atoms with van der Waals surface area (Å²) in [7, 11) is 0. The first-order chi connectivity index (χ1) is 12.6. The van der Waals surface area contributed by atoms with Gasteiger partial charge >= 0.3 is 0 Å². The Balaban J connectivity index is 1.72. The third-order valence-corrected chi connectivity index (χ3v) is 5.38. The second kappa shape index (κ2) is 6.57. The highest BCUT2D eigenvalue weighted by Crippen LogP contribution is 2.23. The Morgan fingerprint density at radius 2 is 1.92 bits per heavy atom. The zero-order valence-corrected chi connectivity index (χ0v) is 15.4. The molecule has 0 spiro atoms. The largest absolute Gasteiger partial charge is 0.333 e. The van der Waals surface area contributed by atoms with Crippen LogP contribution in [0.25, 0.3) is 16.7 Å². The summed E-state index contributed by atoms with van der Waals surface area (Å²) in [4.78, 5) is 19.7. The van der Waals surface area contributed by atoms with Crippen LogP contribution in [0.4, 0.5) is 0 Å². The number of nitrogens with one attached hydrogen (secondary N) is 1. The van der Waals surface area contributed by atoms with E-state index < -0.39 is 0 Å². The Labute approximate surface area is 153 Å². The van der Waals surface area contributed by atoms with Crippen molar-refractivity contribution >= 4 is 16.9 Å². The van der Waals surface area contributed by atoms with Crippen LogP contribution in [-0.4, -0.2) is 45.5 Å². The van der Waals surface area contributed by atoms with E-state index in [1.165, 1.54) is 0 Å². The molecule has 2 aromatic carbocycles. The van der Waals surface area contributed by atoms with Crippen LogP contribution in [0, 0.1) is 6.92 Å². The maximum absolute atomic E-state index is 13.0. The minimum atomic E-state index is 0.0830. The zero-order chi connectivity index (χ0) is 18.3. The van der Waals surface area contributed by atoms with Gasteiger partial charge in [-0.2, -0.15) is 0 Å². The number of imidazole rings is 1. The van der Waals surface area contributed by atoms with Gasteiger partial charge in [-0.1, -0.05) is 18.2 Å². The van der Waals surface area contributed by atoms with E-state index in [1.54, 1.807) is 0 Å². The number of nitrogens with zero attached hydrogens (tertiary/aromatic N) is 3. The number of piperazine rings is 1. The predicted molar refractivity (Wildman–Crippen MR) is 104 cm³/mol. The van der Waals surface area contributed by atoms with Crippen molar-refractivity contribution in [2.75, 3.05) is 13.1 Å². The van der Waals surface area contributed by atoms with Crippen molar-refractivity contribution in [2.45, 2.75) is 32.9 Å². The number of fused-ring (bicyclic) bond motifs is 1. The summed E-state index contributed by atoms with van der Waals surface area (Å²) < 4.78 is 2.12. The Bertz CT molecular complexity index is 947. The van der Waals surface area contributed by atoms with Crippen molar-refractivity contribution in [3.05, 3.63) is 59.9 Å². The number of aryl methyl sites for hydroxylation is 1. The molecule has 1 saturated heterocycles. The Hall–Kier alpha value is -2.66. The molecule has 5 heteroatoms. The fourth-order valence-electron chi connectivity index (χ4n) is 3.75. The number of amides is 1. The molecule has 1 aromatic heterocycles. The van der Waals surface area contributed by atoms with Crippen molar-refractivity contribution in [3.8, 4) is 5.69 Å². The molecule has 1 aliphatic rings. The molecule has 0 radical (unpaired) electrons. The number of rotatable bonds is 2. The lowest BCUT2D eigenvalue weighted by molar-refractivity contribution is 0.0603. The summed E-state index contributed by atoms with van der Waals surface area (Å²) in [5.41, 5.74) is 3.66. The molecule has 26 heavy (non-hydrogen) atoms. The summed E-state index contributed by atoms with van der Waals surface area (Å²) in [5.74, 6) is 1.000. The highest BCUT2D eigenvalue weighted by Gasteiger charge is 2.29. The van der Waals surface area contributed by atoms with Crippen LogP contribution in [-0.2, 0) is 0 Å². The van der Waals surface area contributed by atoms with E-state index in [9.17, 15) is 4.79 Å². The predicted octanol–water partition coefficient (Wildman–Crippen LogP) is 3.16. The molecule has 134 valence electrons. The fraction of sp³-hybridized carbons (Fsp3) is 0.333. The molecule has 1 N–H and O–H groups in total. The first-order valence-corrected chi connectivity index (χ1v) is 9.15. The molecule has 2 heterocycles. The van der Waals surface area contributed by atoms with E-state index in [2.05, 4.69) is 35.9 Å². The number of carbonyl (C=O) groups is 1. The Morgan fingerprint density at radius 1 is 1.15 bits per heavy atom. The van der Waals surface area contributed by atoms with Gasteiger partial charge in [0, 0.05) is 36.4 Å². The normalized spacial score (nSPS) is 20.5. The van der Waals surface area contributed by atoms with Crippen molar-refractivity contribution < 1.29 is 4.79 Å². The number of para-hydroxylation sites is 1. The standard InChI is InChI=1S/C21H24N4O/c1-14-15(2)24(12-11-22-14)21(26)17-9-10-20-19(13-17)23-16(3)25(20)18-7-5-4-6-8-18/h4-10,13-15,22H,11-12H2,1-3H3. The third-order valence-electron chi connectivity index (χ3n) is 5.38. The lowest BCUT2D eigenvalue weighted by Gasteiger charge is -2.38. The molecule has 4 rings (SSSR count). The summed E-state index contributed by atoms with van der Waals surface area (Å²) in [6.45, 7) is 7.79. The molecule has 2 unspecified atom stereocenters. The van der Waals surface area contributed by atoms with E-state index >= 15 is 0 Å². The molecule has 0 aliphatic carbocycles. The quantitative estimate of drug-likeness (QED) is 0.774. The van der Waals surface area contributed by atoms with Gasteiger partial charge in [-0.05, 0) is 51.1 Å². The van der Waals surface area contributed by atoms with Crippen LogP contribution < -0.4 is 5.32 Å². The lowest BCUT2D eigenvalue weighted by atomic mass is 10.0. The third kappa shape index (κ3) is 2.78. The van der Waals surface area contributed by atoms with Gasteiger partial charge < -0.3 is 10.2 Å². The van der Waals surface area contributed by atoms with E-state index in [0.717, 1.165) is 35.6 Å². The van der Waals surface area contributed by atoms with Crippen LogP contribution in [0.5, 0.6) is 0 Å². The van der Waals surface area contributed by atoms with Crippen molar-refractivity contribution in [2.24, 2.45) is 0 Å². The van der Waals surface area contributed by atoms with Crippen LogP contribution in [0.1, 0.15) is 30.0 Å². The second-order valence-electron chi connectivity index (χ2n) is 7.02. The number of carbonyl (C=O) groups excluding carboxylic acids is 1. The highest BCUT2D eigenvalue weighted by molar-refractivity contribution is 5.98. The van der Waals surface area contributed by atoms with Gasteiger partial charge in [-0.25, -0.2) is 4.98 Å². The molecule has 3 aromatic rings. The van der Waals surface area contributed by atoms with Gasteiger partial charge in [-0.15, -0.1) is 0 Å². The number of hydrogen-bond donors (Lipinski definition) is 1. The smallest absolute Gasteiger partial charge is 0.254 e. The molecule has 1 fully saturated rings. The molecule has 1 aliphatic heterocycles. The maximum Gasteiger partial charge on any atom is 0.254 e. The van der Waals surface area contributed by atoms with Gasteiger partial charge in [0.25, 0.3) is 5.91 Å². The van der Waals surface area contributed by atoms with Gasteiger partial charge in [0.15, 0.2) is 0 Å². The van der Waals surface area contributed by atoms with Gasteiger partial charge in [0.2, 0.25) is 0 Å². The van der Waals surface area contributed by atoms with E-state index in [0.29, 0.717) is 11.6 Å². The van der Waals surface area contributed by atoms with Crippen molar-refractivity contribution in [1.82, 2.24) is 19.8 Å². The second-order valence-corrected chi connectivity index (χ2v) is 7.02. The summed E-state index contributed by atoms with van der Waals surface area (Å²) in [5, 5.41) is 3.42. The topological polar surface area (TPSA) is 50.2 Å². The molecule has 2 atom stereocenters. The molecule has 5 nitrogen and oxygen atoms in total. The van der Waals surface area contributed by atoms with Crippen LogP contribution in [0.3, 0.4) is 0 Å². The van der Waals surface area contributed by atoms with Crippen LogP contribution >= 0.6 is 0 Å². The van der Waals surface area contributed by atoms with Gasteiger partial charge in [0.1, 0.15) is 5.82 Å². The number of benzene rings is 2. The van der Waals surface area contributed by atoms with Crippen LogP contribution in [0.15, 0.2) is 48.5 Å². The number of aromatic nitrogens is 2. The summed E-state index contributed by atoms with van der Waals surface area (Å²) >= 11 is 0. The van der Waals surface area contributed by atoms with E-state index in [-0.39, 0.29) is 11.9 Å². The van der Waals surface area contributed by atoms with Crippen LogP contribution in [0.2, 0.25) is 0 Å². The van der Waals surface area contributed by atoms with Crippen molar-refractivity contribution in [3.63, 3.8) is 0 Å². The Kier molecular flexibility index (Phi) is 4.24. The Morgan fingerprint density at radius 3 is 2.69 bits per heavy atom. The van der Waals surface area contributed by atoms with Gasteiger partial charge in [-0.3, -0.25) is 9.36 Å². The molecular weight excluding hydrogens is 324 g/mol. The van der Waals surface area contributed by atoms with Gasteiger partial charge in [0.05, 0.1) is 11.0 Å². The monoisotopic (exact) mass is 348 g/mol. The minimum Gasteiger partial charge on any atom is -0.333 e. The van der Waals surface area contributed by atoms with E-state index in [1.807, 2.05) is 48.2 Å². The molecular formula is C21H24N4O. The minimum absolute atomic E-state index is 0.0830. The average Bonchev–Trinajstić information content (AvgIpc) is 2.99. The maximum atomic E-state index is 13.0. The molecule has 0 saturated carbocycles.